The molecule has 4 N–H and O–H groups in total. The number of hydrogen-bond acceptors (Lipinski definition) is 4. The summed E-state index contributed by atoms with van der Waals surface area (Å²) in [7, 11) is -3.57. The summed E-state index contributed by atoms with van der Waals surface area (Å²) in [6.07, 6.45) is 0. The van der Waals surface area contributed by atoms with Gasteiger partial charge in [-0.25, -0.2) is 18.4 Å². The molecule has 0 aliphatic rings. The van der Waals surface area contributed by atoms with Gasteiger partial charge in [-0.2, -0.15) is 0 Å². The Hall–Kier alpha value is -1.31. The Morgan fingerprint density at radius 2 is 2.12 bits per heavy atom. The summed E-state index contributed by atoms with van der Waals surface area (Å²) in [6, 6.07) is 4.26. The fraction of sp³-hybridized carbons (Fsp3) is 0.222. The Balaban J connectivity index is 2.81. The minimum absolute atomic E-state index is 0.0214. The Bertz CT molecular complexity index is 530. The molecule has 0 amide bonds. The van der Waals surface area contributed by atoms with E-state index in [4.69, 9.17) is 21.8 Å². The van der Waals surface area contributed by atoms with E-state index in [1.165, 1.54) is 18.2 Å². The van der Waals surface area contributed by atoms with Crippen molar-refractivity contribution in [1.29, 1.82) is 0 Å². The van der Waals surface area contributed by atoms with Crippen molar-refractivity contribution in [3.05, 3.63) is 28.8 Å². The van der Waals surface area contributed by atoms with Crippen LogP contribution in [0.3, 0.4) is 0 Å². The number of hydrogen-bond donors (Lipinski definition) is 3. The molecule has 8 heteroatoms. The van der Waals surface area contributed by atoms with E-state index in [0.29, 0.717) is 10.7 Å². The maximum Gasteiger partial charge on any atom is 0.337 e. The molecule has 0 heterocycles. The minimum Gasteiger partial charge on any atom is -0.478 e. The zero-order valence-corrected chi connectivity index (χ0v) is 10.3. The lowest BCUT2D eigenvalue weighted by molar-refractivity contribution is 0.0698. The molecule has 1 aromatic rings. The number of anilines is 1. The molecule has 0 spiro atoms. The third kappa shape index (κ3) is 4.59. The number of rotatable bonds is 5. The Morgan fingerprint density at radius 3 is 2.65 bits per heavy atom. The number of halogens is 1. The van der Waals surface area contributed by atoms with Gasteiger partial charge in [-0.1, -0.05) is 11.6 Å². The van der Waals surface area contributed by atoms with Crippen LogP contribution in [0.5, 0.6) is 0 Å². The zero-order chi connectivity index (χ0) is 13.1. The van der Waals surface area contributed by atoms with E-state index in [1.807, 2.05) is 0 Å². The first-order valence-corrected chi connectivity index (χ1v) is 6.66. The van der Waals surface area contributed by atoms with E-state index in [2.05, 4.69) is 5.32 Å². The van der Waals surface area contributed by atoms with Crippen molar-refractivity contribution in [2.75, 3.05) is 17.6 Å². The number of sulfonamides is 1. The molecule has 6 nitrogen and oxygen atoms in total. The third-order valence-electron chi connectivity index (χ3n) is 1.91. The number of carboxylic acids is 1. The van der Waals surface area contributed by atoms with Crippen LogP contribution in [0.4, 0.5) is 5.69 Å². The monoisotopic (exact) mass is 278 g/mol. The molecule has 0 aliphatic heterocycles. The van der Waals surface area contributed by atoms with Gasteiger partial charge in [0.2, 0.25) is 10.0 Å². The summed E-state index contributed by atoms with van der Waals surface area (Å²) in [6.45, 7) is 0.0285. The molecule has 1 rings (SSSR count). The molecular weight excluding hydrogens is 268 g/mol. The lowest BCUT2D eigenvalue weighted by Crippen LogP contribution is -2.22. The van der Waals surface area contributed by atoms with Gasteiger partial charge in [0.15, 0.2) is 0 Å². The molecule has 0 aromatic heterocycles. The van der Waals surface area contributed by atoms with Crippen molar-refractivity contribution in [3.8, 4) is 0 Å². The van der Waals surface area contributed by atoms with Gasteiger partial charge in [0.05, 0.1) is 11.3 Å². The summed E-state index contributed by atoms with van der Waals surface area (Å²) in [5, 5.41) is 16.7. The number of primary sulfonamides is 1. The first-order valence-electron chi connectivity index (χ1n) is 4.57. The highest BCUT2D eigenvalue weighted by molar-refractivity contribution is 7.89. The predicted octanol–water partition coefficient (Wildman–Crippen LogP) is 0.739. The zero-order valence-electron chi connectivity index (χ0n) is 8.68. The number of carboxylic acid groups (broad SMARTS) is 1. The second-order valence-electron chi connectivity index (χ2n) is 3.29. The topological polar surface area (TPSA) is 109 Å². The van der Waals surface area contributed by atoms with Crippen LogP contribution in [0.25, 0.3) is 0 Å². The molecule has 0 bridgehead atoms. The molecule has 0 aliphatic carbocycles. The van der Waals surface area contributed by atoms with Crippen LogP contribution in [0.2, 0.25) is 5.02 Å². The molecule has 0 unspecified atom stereocenters. The van der Waals surface area contributed by atoms with Crippen molar-refractivity contribution in [1.82, 2.24) is 0 Å². The van der Waals surface area contributed by atoms with Crippen molar-refractivity contribution in [2.45, 2.75) is 0 Å². The van der Waals surface area contributed by atoms with Crippen molar-refractivity contribution in [3.63, 3.8) is 0 Å². The number of nitrogens with two attached hydrogens (primary N) is 1. The number of carbonyl (C=O) groups is 1. The summed E-state index contributed by atoms with van der Waals surface area (Å²) in [4.78, 5) is 10.9. The van der Waals surface area contributed by atoms with E-state index in [-0.39, 0.29) is 17.9 Å². The second kappa shape index (κ2) is 5.35. The van der Waals surface area contributed by atoms with Crippen LogP contribution < -0.4 is 10.5 Å². The number of benzene rings is 1. The molecule has 0 saturated carbocycles. The first kappa shape index (κ1) is 13.8. The molecular formula is C9H11ClN2O4S. The van der Waals surface area contributed by atoms with Crippen LogP contribution in [-0.2, 0) is 10.0 Å². The minimum atomic E-state index is -3.57. The Morgan fingerprint density at radius 1 is 1.47 bits per heavy atom. The fourth-order valence-corrected chi connectivity index (χ4v) is 1.73. The third-order valence-corrected chi connectivity index (χ3v) is 2.92. The first-order chi connectivity index (χ1) is 7.79. The second-order valence-corrected chi connectivity index (χ2v) is 5.46. The van der Waals surface area contributed by atoms with Crippen LogP contribution in [0.15, 0.2) is 18.2 Å². The maximum absolute atomic E-state index is 10.9. The summed E-state index contributed by atoms with van der Waals surface area (Å²) >= 11 is 5.66. The van der Waals surface area contributed by atoms with Gasteiger partial charge in [-0.05, 0) is 18.2 Å². The fourth-order valence-electron chi connectivity index (χ4n) is 1.18. The average molecular weight is 279 g/mol. The largest absolute Gasteiger partial charge is 0.478 e. The highest BCUT2D eigenvalue weighted by atomic mass is 35.5. The van der Waals surface area contributed by atoms with Crippen LogP contribution in [0, 0.1) is 0 Å². The molecule has 1 aromatic carbocycles. The molecule has 0 radical (unpaired) electrons. The quantitative estimate of drug-likeness (QED) is 0.736. The van der Waals surface area contributed by atoms with Crippen LogP contribution >= 0.6 is 11.6 Å². The molecule has 0 atom stereocenters. The van der Waals surface area contributed by atoms with Gasteiger partial charge in [-0.15, -0.1) is 0 Å². The average Bonchev–Trinajstić information content (AvgIpc) is 2.18. The van der Waals surface area contributed by atoms with E-state index in [0.717, 1.165) is 0 Å². The van der Waals surface area contributed by atoms with E-state index in [1.54, 1.807) is 0 Å². The van der Waals surface area contributed by atoms with Crippen LogP contribution in [0.1, 0.15) is 10.4 Å². The molecule has 0 saturated heterocycles. The van der Waals surface area contributed by atoms with Gasteiger partial charge in [0, 0.05) is 17.3 Å². The smallest absolute Gasteiger partial charge is 0.337 e. The van der Waals surface area contributed by atoms with E-state index >= 15 is 0 Å². The van der Waals surface area contributed by atoms with Gasteiger partial charge < -0.3 is 10.4 Å². The van der Waals surface area contributed by atoms with Crippen molar-refractivity contribution >= 4 is 33.3 Å². The van der Waals surface area contributed by atoms with Gasteiger partial charge in [0.25, 0.3) is 0 Å². The normalized spacial score (nSPS) is 11.2. The van der Waals surface area contributed by atoms with E-state index in [9.17, 15) is 13.2 Å². The summed E-state index contributed by atoms with van der Waals surface area (Å²) in [5.41, 5.74) is 0.275. The van der Waals surface area contributed by atoms with Gasteiger partial charge in [-0.3, -0.25) is 0 Å². The van der Waals surface area contributed by atoms with Gasteiger partial charge >= 0.3 is 5.97 Å². The molecule has 17 heavy (non-hydrogen) atoms. The SMILES string of the molecule is NS(=O)(=O)CCNc1ccc(Cl)cc1C(=O)O. The van der Waals surface area contributed by atoms with Gasteiger partial charge in [0.1, 0.15) is 0 Å². The predicted molar refractivity (Wildman–Crippen MR) is 64.9 cm³/mol. The highest BCUT2D eigenvalue weighted by Crippen LogP contribution is 2.20. The summed E-state index contributed by atoms with van der Waals surface area (Å²) < 4.78 is 21.4. The van der Waals surface area contributed by atoms with E-state index < -0.39 is 16.0 Å². The lowest BCUT2D eigenvalue weighted by atomic mass is 10.2. The summed E-state index contributed by atoms with van der Waals surface area (Å²) in [5.74, 6) is -1.43. The number of nitrogens with one attached hydrogen (secondary N) is 1. The van der Waals surface area contributed by atoms with Crippen molar-refractivity contribution < 1.29 is 18.3 Å². The highest BCUT2D eigenvalue weighted by Gasteiger charge is 2.11. The Labute approximate surface area is 103 Å². The number of aromatic carboxylic acids is 1. The Kier molecular flexibility index (Phi) is 4.33. The van der Waals surface area contributed by atoms with Crippen LogP contribution in [-0.4, -0.2) is 31.8 Å². The van der Waals surface area contributed by atoms with Crippen molar-refractivity contribution in [2.24, 2.45) is 5.14 Å². The molecule has 94 valence electrons. The maximum atomic E-state index is 10.9. The standard InChI is InChI=1S/C9H11ClN2O4S/c10-6-1-2-8(7(5-6)9(13)14)12-3-4-17(11,15)16/h1-2,5,12H,3-4H2,(H,13,14)(H2,11,15,16). The lowest BCUT2D eigenvalue weighted by Gasteiger charge is -2.09. The molecule has 0 fully saturated rings.